The number of carbonyl (C=O) groups is 1. The summed E-state index contributed by atoms with van der Waals surface area (Å²) in [4.78, 5) is 12.8. The number of benzene rings is 2. The summed E-state index contributed by atoms with van der Waals surface area (Å²) < 4.78 is 33.7. The van der Waals surface area contributed by atoms with Gasteiger partial charge in [-0.2, -0.15) is 15.2 Å². The summed E-state index contributed by atoms with van der Waals surface area (Å²) in [7, 11) is -3.98. The first-order valence-electron chi connectivity index (χ1n) is 11.0. The van der Waals surface area contributed by atoms with Crippen LogP contribution in [0.1, 0.15) is 36.3 Å². The van der Waals surface area contributed by atoms with E-state index in [2.05, 4.69) is 4.72 Å². The van der Waals surface area contributed by atoms with Gasteiger partial charge in [-0.05, 0) is 61.1 Å². The Hall–Kier alpha value is -3.31. The topological polar surface area (TPSA) is 144 Å². The van der Waals surface area contributed by atoms with Gasteiger partial charge in [-0.15, -0.1) is 0 Å². The van der Waals surface area contributed by atoms with E-state index in [9.17, 15) is 28.8 Å². The van der Waals surface area contributed by atoms with E-state index in [-0.39, 0.29) is 41.2 Å². The van der Waals surface area contributed by atoms with Crippen LogP contribution < -0.4 is 9.46 Å². The molecule has 2 aliphatic rings. The molecule has 11 heteroatoms. The number of hydrogen-bond acceptors (Lipinski definition) is 6. The second kappa shape index (κ2) is 9.74. The SMILES string of the molecule is N#Cc1cc(S(=O)(=O)NC2(C#N)CC2)ccc1OC[C@@H]1CN(C(=O)O)CC[C@H]1c1ccc(Cl)cc1. The summed E-state index contributed by atoms with van der Waals surface area (Å²) in [6, 6.07) is 15.3. The van der Waals surface area contributed by atoms with Gasteiger partial charge < -0.3 is 14.7 Å². The maximum Gasteiger partial charge on any atom is 0.407 e. The molecule has 0 aromatic heterocycles. The van der Waals surface area contributed by atoms with Crippen molar-refractivity contribution in [2.45, 2.75) is 35.6 Å². The van der Waals surface area contributed by atoms with E-state index in [1.165, 1.54) is 23.1 Å². The predicted molar refractivity (Wildman–Crippen MR) is 126 cm³/mol. The summed E-state index contributed by atoms with van der Waals surface area (Å²) in [5.74, 6) is 0.0381. The van der Waals surface area contributed by atoms with Gasteiger partial charge in [0, 0.05) is 24.0 Å². The van der Waals surface area contributed by atoms with Crippen molar-refractivity contribution in [3.63, 3.8) is 0 Å². The fourth-order valence-electron chi connectivity index (χ4n) is 4.29. The van der Waals surface area contributed by atoms with E-state index in [0.29, 0.717) is 30.8 Å². The molecule has 9 nitrogen and oxygen atoms in total. The number of nitrogens with one attached hydrogen (secondary N) is 1. The van der Waals surface area contributed by atoms with Crippen molar-refractivity contribution in [1.82, 2.24) is 9.62 Å². The molecule has 1 amide bonds. The first-order valence-corrected chi connectivity index (χ1v) is 12.9. The van der Waals surface area contributed by atoms with Gasteiger partial charge in [-0.25, -0.2) is 13.2 Å². The molecule has 1 aliphatic carbocycles. The number of halogens is 1. The second-order valence-electron chi connectivity index (χ2n) is 8.82. The zero-order valence-corrected chi connectivity index (χ0v) is 20.2. The number of nitriles is 2. The van der Waals surface area contributed by atoms with Crippen LogP contribution in [0.5, 0.6) is 5.75 Å². The van der Waals surface area contributed by atoms with E-state index < -0.39 is 21.7 Å². The van der Waals surface area contributed by atoms with Crippen LogP contribution in [-0.4, -0.2) is 49.8 Å². The van der Waals surface area contributed by atoms with Crippen LogP contribution in [0.25, 0.3) is 0 Å². The number of amides is 1. The smallest absolute Gasteiger partial charge is 0.407 e. The van der Waals surface area contributed by atoms with E-state index in [1.54, 1.807) is 12.1 Å². The highest BCUT2D eigenvalue weighted by Gasteiger charge is 2.46. The minimum Gasteiger partial charge on any atom is -0.492 e. The Morgan fingerprint density at radius 1 is 1.23 bits per heavy atom. The number of rotatable bonds is 7. The molecule has 2 aromatic rings. The average molecular weight is 515 g/mol. The summed E-state index contributed by atoms with van der Waals surface area (Å²) in [5.41, 5.74) is -0.0229. The molecule has 0 radical (unpaired) electrons. The van der Waals surface area contributed by atoms with Gasteiger partial charge in [-0.1, -0.05) is 23.7 Å². The molecule has 0 unspecified atom stereocenters. The maximum atomic E-state index is 12.7. The highest BCUT2D eigenvalue weighted by Crippen LogP contribution is 2.37. The number of likely N-dealkylation sites (tertiary alicyclic amines) is 1. The molecular formula is C24H23ClN4O5S. The third-order valence-corrected chi connectivity index (χ3v) is 8.22. The van der Waals surface area contributed by atoms with Gasteiger partial charge >= 0.3 is 6.09 Å². The van der Waals surface area contributed by atoms with Gasteiger partial charge in [0.25, 0.3) is 0 Å². The molecule has 1 saturated carbocycles. The van der Waals surface area contributed by atoms with E-state index in [1.807, 2.05) is 24.3 Å². The van der Waals surface area contributed by atoms with Crippen molar-refractivity contribution in [2.24, 2.45) is 5.92 Å². The van der Waals surface area contributed by atoms with Crippen molar-refractivity contribution in [3.8, 4) is 17.9 Å². The van der Waals surface area contributed by atoms with E-state index >= 15 is 0 Å². The Balaban J connectivity index is 1.53. The third-order valence-electron chi connectivity index (χ3n) is 6.43. The zero-order chi connectivity index (χ0) is 25.2. The summed E-state index contributed by atoms with van der Waals surface area (Å²) in [6.07, 6.45) is 0.489. The standard InChI is InChI=1S/C24H23ClN4O5S/c25-19-3-1-16(2-4-19)21-7-10-29(23(30)31)13-18(21)14-34-22-6-5-20(11-17(22)12-26)35(32,33)28-24(15-27)8-9-24/h1-6,11,18,21,28H,7-10,13-14H2,(H,30,31)/t18-,21-/m0/s1. The lowest BCUT2D eigenvalue weighted by atomic mass is 9.81. The molecule has 1 aliphatic heterocycles. The van der Waals surface area contributed by atoms with E-state index in [0.717, 1.165) is 5.56 Å². The van der Waals surface area contributed by atoms with E-state index in [4.69, 9.17) is 16.3 Å². The van der Waals surface area contributed by atoms with Crippen LogP contribution in [0.4, 0.5) is 4.79 Å². The molecular weight excluding hydrogens is 492 g/mol. The minimum atomic E-state index is -3.98. The molecule has 2 atom stereocenters. The van der Waals surface area contributed by atoms with Crippen molar-refractivity contribution in [1.29, 1.82) is 10.5 Å². The number of sulfonamides is 1. The van der Waals surface area contributed by atoms with Crippen molar-refractivity contribution >= 4 is 27.7 Å². The lowest BCUT2D eigenvalue weighted by Gasteiger charge is -2.37. The van der Waals surface area contributed by atoms with Crippen LogP contribution in [-0.2, 0) is 10.0 Å². The molecule has 1 saturated heterocycles. The molecule has 182 valence electrons. The fourth-order valence-corrected chi connectivity index (χ4v) is 5.82. The Bertz CT molecular complexity index is 1310. The third kappa shape index (κ3) is 5.51. The number of piperidine rings is 1. The Labute approximate surface area is 208 Å². The molecule has 0 bridgehead atoms. The molecule has 0 spiro atoms. The number of nitrogens with zero attached hydrogens (tertiary/aromatic N) is 3. The molecule has 35 heavy (non-hydrogen) atoms. The van der Waals surface area contributed by atoms with Gasteiger partial charge in [0.1, 0.15) is 17.4 Å². The predicted octanol–water partition coefficient (Wildman–Crippen LogP) is 3.71. The first kappa shape index (κ1) is 24.8. The highest BCUT2D eigenvalue weighted by molar-refractivity contribution is 7.89. The molecule has 4 rings (SSSR count). The fraction of sp³-hybridized carbons (Fsp3) is 0.375. The Morgan fingerprint density at radius 3 is 2.54 bits per heavy atom. The maximum absolute atomic E-state index is 12.7. The minimum absolute atomic E-state index is 0.0259. The second-order valence-corrected chi connectivity index (χ2v) is 10.9. The summed E-state index contributed by atoms with van der Waals surface area (Å²) in [6.45, 7) is 0.789. The van der Waals surface area contributed by atoms with Crippen LogP contribution in [0.2, 0.25) is 5.02 Å². The summed E-state index contributed by atoms with van der Waals surface area (Å²) in [5, 5.41) is 28.9. The van der Waals surface area contributed by atoms with Crippen molar-refractivity contribution in [2.75, 3.05) is 19.7 Å². The molecule has 2 aromatic carbocycles. The van der Waals surface area contributed by atoms with Crippen molar-refractivity contribution < 1.29 is 23.1 Å². The van der Waals surface area contributed by atoms with Crippen LogP contribution >= 0.6 is 11.6 Å². The Morgan fingerprint density at radius 2 is 1.94 bits per heavy atom. The van der Waals surface area contributed by atoms with Crippen LogP contribution in [0.3, 0.4) is 0 Å². The molecule has 1 heterocycles. The number of carboxylic acid groups (broad SMARTS) is 1. The van der Waals surface area contributed by atoms with Gasteiger partial charge in [0.2, 0.25) is 10.0 Å². The Kier molecular flexibility index (Phi) is 6.91. The normalized spacial score (nSPS) is 20.9. The van der Waals surface area contributed by atoms with Crippen LogP contribution in [0, 0.1) is 28.6 Å². The van der Waals surface area contributed by atoms with Crippen molar-refractivity contribution in [3.05, 3.63) is 58.6 Å². The average Bonchev–Trinajstić information content (AvgIpc) is 3.62. The monoisotopic (exact) mass is 514 g/mol. The highest BCUT2D eigenvalue weighted by atomic mass is 35.5. The molecule has 2 N–H and O–H groups in total. The zero-order valence-electron chi connectivity index (χ0n) is 18.6. The summed E-state index contributed by atoms with van der Waals surface area (Å²) >= 11 is 6.01. The lowest BCUT2D eigenvalue weighted by molar-refractivity contribution is 0.0937. The number of ether oxygens (including phenoxy) is 1. The van der Waals surface area contributed by atoms with Gasteiger partial charge in [0.15, 0.2) is 0 Å². The number of hydrogen-bond donors (Lipinski definition) is 2. The largest absolute Gasteiger partial charge is 0.492 e. The first-order chi connectivity index (χ1) is 16.7. The molecule has 2 fully saturated rings. The van der Waals surface area contributed by atoms with Gasteiger partial charge in [-0.3, -0.25) is 0 Å². The van der Waals surface area contributed by atoms with Crippen LogP contribution in [0.15, 0.2) is 47.4 Å². The quantitative estimate of drug-likeness (QED) is 0.573. The lowest BCUT2D eigenvalue weighted by Crippen LogP contribution is -2.44. The van der Waals surface area contributed by atoms with Gasteiger partial charge in [0.05, 0.1) is 23.1 Å².